The summed E-state index contributed by atoms with van der Waals surface area (Å²) in [5.74, 6) is 0.0614. The maximum Gasteiger partial charge on any atom is 0.332 e. The van der Waals surface area contributed by atoms with Crippen LogP contribution in [-0.4, -0.2) is 24.2 Å². The molecule has 3 aromatic heterocycles. The van der Waals surface area contributed by atoms with Crippen molar-refractivity contribution in [3.05, 3.63) is 81.4 Å². The zero-order valence-electron chi connectivity index (χ0n) is 17.1. The Balaban J connectivity index is 1.84. The molecule has 4 aromatic rings. The first-order chi connectivity index (χ1) is 14.3. The smallest absolute Gasteiger partial charge is 0.332 e. The number of hydrogen-bond donors (Lipinski definition) is 1. The minimum atomic E-state index is -0.184. The Morgan fingerprint density at radius 2 is 1.80 bits per heavy atom. The molecule has 152 valence electrons. The second kappa shape index (κ2) is 7.46. The van der Waals surface area contributed by atoms with Crippen molar-refractivity contribution in [2.24, 2.45) is 7.05 Å². The third kappa shape index (κ3) is 3.39. The van der Waals surface area contributed by atoms with Crippen molar-refractivity contribution < 1.29 is 5.11 Å². The van der Waals surface area contributed by atoms with Gasteiger partial charge in [-0.3, -0.25) is 9.55 Å². The molecule has 0 saturated carbocycles. The molecule has 3 heterocycles. The standard InChI is InChI=1S/C23H21ClN4O2/c1-13-9-17(12-25-15(13)3)21-22(29)18(10-14(2)26-21)16-5-6-20(19(24)11-16)28-8-7-27(4)23(28)30/h5-12,29H,1-4H3. The number of hydrogen-bond acceptors (Lipinski definition) is 4. The zero-order valence-corrected chi connectivity index (χ0v) is 17.9. The van der Waals surface area contributed by atoms with Crippen molar-refractivity contribution in [1.82, 2.24) is 19.1 Å². The van der Waals surface area contributed by atoms with Gasteiger partial charge in [-0.05, 0) is 56.2 Å². The average molecular weight is 421 g/mol. The van der Waals surface area contributed by atoms with Crippen LogP contribution in [0.25, 0.3) is 28.1 Å². The fourth-order valence-electron chi connectivity index (χ4n) is 3.38. The third-order valence-corrected chi connectivity index (χ3v) is 5.50. The van der Waals surface area contributed by atoms with Crippen molar-refractivity contribution in [1.29, 1.82) is 0 Å². The van der Waals surface area contributed by atoms with Crippen molar-refractivity contribution in [3.8, 4) is 33.8 Å². The Morgan fingerprint density at radius 3 is 2.43 bits per heavy atom. The summed E-state index contributed by atoms with van der Waals surface area (Å²) in [5.41, 5.74) is 5.68. The van der Waals surface area contributed by atoms with Crippen LogP contribution in [0.5, 0.6) is 5.75 Å². The molecule has 0 amide bonds. The molecule has 7 heteroatoms. The van der Waals surface area contributed by atoms with Crippen LogP contribution in [0.3, 0.4) is 0 Å². The van der Waals surface area contributed by atoms with E-state index in [-0.39, 0.29) is 11.4 Å². The van der Waals surface area contributed by atoms with Crippen LogP contribution in [-0.2, 0) is 7.05 Å². The minimum absolute atomic E-state index is 0.0614. The molecule has 0 bridgehead atoms. The SMILES string of the molecule is Cc1cc(-c2ccc(-n3ccn(C)c3=O)c(Cl)c2)c(O)c(-c2cnc(C)c(C)c2)n1. The highest BCUT2D eigenvalue weighted by molar-refractivity contribution is 6.32. The second-order valence-corrected chi connectivity index (χ2v) is 7.77. The van der Waals surface area contributed by atoms with Crippen LogP contribution in [0.15, 0.2) is 53.7 Å². The van der Waals surface area contributed by atoms with E-state index in [1.54, 1.807) is 37.8 Å². The highest BCUT2D eigenvalue weighted by atomic mass is 35.5. The molecule has 0 spiro atoms. The Hall–Kier alpha value is -3.38. The molecule has 1 N–H and O–H groups in total. The molecule has 0 fully saturated rings. The summed E-state index contributed by atoms with van der Waals surface area (Å²) in [4.78, 5) is 21.2. The van der Waals surface area contributed by atoms with E-state index in [2.05, 4.69) is 9.97 Å². The van der Waals surface area contributed by atoms with Crippen LogP contribution in [0.1, 0.15) is 17.0 Å². The maximum atomic E-state index is 12.2. The van der Waals surface area contributed by atoms with Crippen molar-refractivity contribution >= 4 is 11.6 Å². The van der Waals surface area contributed by atoms with Crippen LogP contribution in [0.2, 0.25) is 5.02 Å². The number of benzene rings is 1. The summed E-state index contributed by atoms with van der Waals surface area (Å²) in [7, 11) is 1.68. The summed E-state index contributed by atoms with van der Waals surface area (Å²) < 4.78 is 2.96. The van der Waals surface area contributed by atoms with Crippen LogP contribution in [0.4, 0.5) is 0 Å². The van der Waals surface area contributed by atoms with E-state index >= 15 is 0 Å². The van der Waals surface area contributed by atoms with E-state index in [0.717, 1.165) is 28.1 Å². The molecule has 0 unspecified atom stereocenters. The summed E-state index contributed by atoms with van der Waals surface area (Å²) >= 11 is 6.51. The minimum Gasteiger partial charge on any atom is -0.505 e. The van der Waals surface area contributed by atoms with Gasteiger partial charge in [0, 0.05) is 48.2 Å². The van der Waals surface area contributed by atoms with Gasteiger partial charge in [0.2, 0.25) is 0 Å². The van der Waals surface area contributed by atoms with E-state index in [0.29, 0.717) is 22.0 Å². The quantitative estimate of drug-likeness (QED) is 0.526. The third-order valence-electron chi connectivity index (χ3n) is 5.20. The van der Waals surface area contributed by atoms with Gasteiger partial charge in [-0.1, -0.05) is 17.7 Å². The van der Waals surface area contributed by atoms with Gasteiger partial charge < -0.3 is 9.67 Å². The maximum absolute atomic E-state index is 12.2. The Kier molecular flexibility index (Phi) is 4.95. The molecule has 1 aromatic carbocycles. The lowest BCUT2D eigenvalue weighted by Gasteiger charge is -2.13. The van der Waals surface area contributed by atoms with Gasteiger partial charge in [0.05, 0.1) is 10.7 Å². The molecule has 0 saturated heterocycles. The Bertz CT molecular complexity index is 1340. The topological polar surface area (TPSA) is 72.9 Å². The number of aromatic nitrogens is 4. The van der Waals surface area contributed by atoms with E-state index in [1.807, 2.05) is 39.0 Å². The fourth-order valence-corrected chi connectivity index (χ4v) is 3.65. The van der Waals surface area contributed by atoms with Gasteiger partial charge in [0.15, 0.2) is 0 Å². The molecular weight excluding hydrogens is 400 g/mol. The molecule has 4 rings (SSSR count). The summed E-state index contributed by atoms with van der Waals surface area (Å²) in [5, 5.41) is 11.4. The molecule has 0 atom stereocenters. The Morgan fingerprint density at radius 1 is 1.03 bits per heavy atom. The fraction of sp³-hybridized carbons (Fsp3) is 0.174. The highest BCUT2D eigenvalue weighted by Crippen LogP contribution is 2.39. The normalized spacial score (nSPS) is 11.1. The molecule has 0 aliphatic rings. The van der Waals surface area contributed by atoms with Crippen molar-refractivity contribution in [3.63, 3.8) is 0 Å². The van der Waals surface area contributed by atoms with Gasteiger partial charge in [-0.25, -0.2) is 9.78 Å². The number of aromatic hydroxyl groups is 1. The lowest BCUT2D eigenvalue weighted by Crippen LogP contribution is -2.20. The number of imidazole rings is 1. The number of halogens is 1. The van der Waals surface area contributed by atoms with Gasteiger partial charge >= 0.3 is 5.69 Å². The largest absolute Gasteiger partial charge is 0.505 e. The molecule has 30 heavy (non-hydrogen) atoms. The van der Waals surface area contributed by atoms with Crippen LogP contribution < -0.4 is 5.69 Å². The number of rotatable bonds is 3. The Labute approximate surface area is 179 Å². The predicted molar refractivity (Wildman–Crippen MR) is 118 cm³/mol. The first-order valence-electron chi connectivity index (χ1n) is 9.44. The number of aryl methyl sites for hydroxylation is 4. The zero-order chi connectivity index (χ0) is 21.6. The molecular formula is C23H21ClN4O2. The lowest BCUT2D eigenvalue weighted by molar-refractivity contribution is 0.476. The van der Waals surface area contributed by atoms with Gasteiger partial charge in [0.1, 0.15) is 11.4 Å². The summed E-state index contributed by atoms with van der Waals surface area (Å²) in [6, 6.07) is 9.12. The highest BCUT2D eigenvalue weighted by Gasteiger charge is 2.16. The van der Waals surface area contributed by atoms with E-state index in [1.165, 1.54) is 9.13 Å². The lowest BCUT2D eigenvalue weighted by atomic mass is 10.00. The van der Waals surface area contributed by atoms with Gasteiger partial charge in [-0.15, -0.1) is 0 Å². The van der Waals surface area contributed by atoms with Crippen LogP contribution in [0, 0.1) is 20.8 Å². The number of pyridine rings is 2. The molecule has 0 aliphatic heterocycles. The monoisotopic (exact) mass is 420 g/mol. The van der Waals surface area contributed by atoms with Gasteiger partial charge in [-0.2, -0.15) is 0 Å². The molecule has 0 radical (unpaired) electrons. The number of nitrogens with zero attached hydrogens (tertiary/aromatic N) is 4. The van der Waals surface area contributed by atoms with Crippen molar-refractivity contribution in [2.45, 2.75) is 20.8 Å². The first kappa shape index (κ1) is 19.9. The first-order valence-corrected chi connectivity index (χ1v) is 9.82. The molecule has 0 aliphatic carbocycles. The van der Waals surface area contributed by atoms with Crippen molar-refractivity contribution in [2.75, 3.05) is 0 Å². The summed E-state index contributed by atoms with van der Waals surface area (Å²) in [6.07, 6.45) is 5.06. The second-order valence-electron chi connectivity index (χ2n) is 7.36. The van der Waals surface area contributed by atoms with E-state index < -0.39 is 0 Å². The average Bonchev–Trinajstić information content (AvgIpc) is 3.04. The predicted octanol–water partition coefficient (Wildman–Crippen LogP) is 4.58. The van der Waals surface area contributed by atoms with Crippen LogP contribution >= 0.6 is 11.6 Å². The molecule has 6 nitrogen and oxygen atoms in total. The van der Waals surface area contributed by atoms with E-state index in [9.17, 15) is 9.90 Å². The van der Waals surface area contributed by atoms with Gasteiger partial charge in [0.25, 0.3) is 0 Å². The van der Waals surface area contributed by atoms with E-state index in [4.69, 9.17) is 11.6 Å². The summed E-state index contributed by atoms with van der Waals surface area (Å²) in [6.45, 7) is 5.79.